The molecule has 0 saturated carbocycles. The van der Waals surface area contributed by atoms with E-state index >= 15 is 0 Å². The van der Waals surface area contributed by atoms with Gasteiger partial charge in [-0.25, -0.2) is 4.79 Å². The van der Waals surface area contributed by atoms with E-state index in [9.17, 15) is 14.4 Å². The van der Waals surface area contributed by atoms with E-state index < -0.39 is 18.0 Å². The SMILES string of the molecule is CCc1ccc(NC(=O)CN2C(=O)NC(Cc3ccccc3)C2=O)cc1. The number of imide groups is 1. The smallest absolute Gasteiger partial charge is 0.325 e. The first-order valence-electron chi connectivity index (χ1n) is 8.61. The second kappa shape index (κ2) is 7.82. The fourth-order valence-electron chi connectivity index (χ4n) is 2.88. The maximum absolute atomic E-state index is 12.5. The van der Waals surface area contributed by atoms with Crippen molar-refractivity contribution in [3.63, 3.8) is 0 Å². The monoisotopic (exact) mass is 351 g/mol. The summed E-state index contributed by atoms with van der Waals surface area (Å²) in [6.45, 7) is 1.75. The summed E-state index contributed by atoms with van der Waals surface area (Å²) in [4.78, 5) is 37.7. The van der Waals surface area contributed by atoms with E-state index in [4.69, 9.17) is 0 Å². The quantitative estimate of drug-likeness (QED) is 0.784. The highest BCUT2D eigenvalue weighted by molar-refractivity contribution is 6.08. The fraction of sp³-hybridized carbons (Fsp3) is 0.250. The van der Waals surface area contributed by atoms with E-state index in [0.717, 1.165) is 16.9 Å². The minimum absolute atomic E-state index is 0.300. The van der Waals surface area contributed by atoms with Gasteiger partial charge in [0.15, 0.2) is 0 Å². The molecule has 1 atom stereocenters. The van der Waals surface area contributed by atoms with E-state index in [0.29, 0.717) is 12.1 Å². The van der Waals surface area contributed by atoms with Crippen LogP contribution in [0.5, 0.6) is 0 Å². The Hall–Kier alpha value is -3.15. The van der Waals surface area contributed by atoms with Gasteiger partial charge >= 0.3 is 6.03 Å². The predicted octanol–water partition coefficient (Wildman–Crippen LogP) is 2.35. The number of hydrogen-bond donors (Lipinski definition) is 2. The van der Waals surface area contributed by atoms with Crippen LogP contribution in [-0.4, -0.2) is 35.3 Å². The van der Waals surface area contributed by atoms with Crippen LogP contribution in [0.25, 0.3) is 0 Å². The molecule has 2 N–H and O–H groups in total. The molecule has 3 rings (SSSR count). The maximum Gasteiger partial charge on any atom is 0.325 e. The van der Waals surface area contributed by atoms with E-state index in [1.165, 1.54) is 5.56 Å². The number of urea groups is 1. The number of anilines is 1. The number of benzene rings is 2. The third-order valence-corrected chi connectivity index (χ3v) is 4.34. The van der Waals surface area contributed by atoms with Crippen LogP contribution in [0.1, 0.15) is 18.1 Å². The molecule has 1 aliphatic heterocycles. The van der Waals surface area contributed by atoms with Gasteiger partial charge in [-0.05, 0) is 29.7 Å². The second-order valence-corrected chi connectivity index (χ2v) is 6.21. The standard InChI is InChI=1S/C20H21N3O3/c1-2-14-8-10-16(11-9-14)21-18(24)13-23-19(25)17(22-20(23)26)12-15-6-4-3-5-7-15/h3-11,17H,2,12-13H2,1H3,(H,21,24)(H,22,26). The Bertz CT molecular complexity index is 803. The van der Waals surface area contributed by atoms with Gasteiger partial charge in [0.2, 0.25) is 5.91 Å². The zero-order valence-electron chi connectivity index (χ0n) is 14.6. The molecule has 0 aromatic heterocycles. The number of hydrogen-bond acceptors (Lipinski definition) is 3. The molecule has 1 unspecified atom stereocenters. The van der Waals surface area contributed by atoms with E-state index in [2.05, 4.69) is 17.6 Å². The molecule has 0 spiro atoms. The lowest BCUT2D eigenvalue weighted by Gasteiger charge is -2.13. The number of carbonyl (C=O) groups is 3. The largest absolute Gasteiger partial charge is 0.325 e. The summed E-state index contributed by atoms with van der Waals surface area (Å²) in [5.41, 5.74) is 2.76. The average Bonchev–Trinajstić information content (AvgIpc) is 2.90. The van der Waals surface area contributed by atoms with Crippen molar-refractivity contribution >= 4 is 23.5 Å². The van der Waals surface area contributed by atoms with Gasteiger partial charge in [0, 0.05) is 12.1 Å². The molecule has 6 nitrogen and oxygen atoms in total. The molecular formula is C20H21N3O3. The Morgan fingerprint density at radius 1 is 1.04 bits per heavy atom. The van der Waals surface area contributed by atoms with Crippen molar-refractivity contribution in [2.24, 2.45) is 0 Å². The fourth-order valence-corrected chi connectivity index (χ4v) is 2.88. The van der Waals surface area contributed by atoms with Gasteiger partial charge in [0.05, 0.1) is 0 Å². The van der Waals surface area contributed by atoms with E-state index in [1.807, 2.05) is 42.5 Å². The summed E-state index contributed by atoms with van der Waals surface area (Å²) in [6.07, 6.45) is 1.32. The molecule has 2 aromatic carbocycles. The van der Waals surface area contributed by atoms with Crippen molar-refractivity contribution in [2.75, 3.05) is 11.9 Å². The first-order valence-corrected chi connectivity index (χ1v) is 8.61. The molecule has 0 bridgehead atoms. The van der Waals surface area contributed by atoms with Crippen LogP contribution in [0.2, 0.25) is 0 Å². The zero-order valence-corrected chi connectivity index (χ0v) is 14.6. The third-order valence-electron chi connectivity index (χ3n) is 4.34. The molecule has 134 valence electrons. The maximum atomic E-state index is 12.5. The molecule has 1 saturated heterocycles. The highest BCUT2D eigenvalue weighted by atomic mass is 16.2. The van der Waals surface area contributed by atoms with Gasteiger partial charge in [-0.3, -0.25) is 14.5 Å². The average molecular weight is 351 g/mol. The van der Waals surface area contributed by atoms with Crippen LogP contribution in [0.15, 0.2) is 54.6 Å². The van der Waals surface area contributed by atoms with Gasteiger partial charge in [-0.2, -0.15) is 0 Å². The molecule has 0 radical (unpaired) electrons. The molecule has 1 aliphatic rings. The second-order valence-electron chi connectivity index (χ2n) is 6.21. The summed E-state index contributed by atoms with van der Waals surface area (Å²) in [7, 11) is 0. The highest BCUT2D eigenvalue weighted by Crippen LogP contribution is 2.13. The number of rotatable bonds is 6. The van der Waals surface area contributed by atoms with Crippen molar-refractivity contribution in [3.05, 3.63) is 65.7 Å². The topological polar surface area (TPSA) is 78.5 Å². The Labute approximate surface area is 152 Å². The Morgan fingerprint density at radius 3 is 2.38 bits per heavy atom. The summed E-state index contributed by atoms with van der Waals surface area (Å²) in [6, 6.07) is 15.7. The van der Waals surface area contributed by atoms with Gasteiger partial charge < -0.3 is 10.6 Å². The number of nitrogens with zero attached hydrogens (tertiary/aromatic N) is 1. The first-order chi connectivity index (χ1) is 12.6. The van der Waals surface area contributed by atoms with Crippen LogP contribution in [0, 0.1) is 0 Å². The minimum atomic E-state index is -0.637. The predicted molar refractivity (Wildman–Crippen MR) is 98.6 cm³/mol. The molecule has 26 heavy (non-hydrogen) atoms. The molecule has 1 fully saturated rings. The van der Waals surface area contributed by atoms with Crippen molar-refractivity contribution in [3.8, 4) is 0 Å². The molecular weight excluding hydrogens is 330 g/mol. The number of carbonyl (C=O) groups excluding carboxylic acids is 3. The summed E-state index contributed by atoms with van der Waals surface area (Å²) in [5.74, 6) is -0.784. The minimum Gasteiger partial charge on any atom is -0.325 e. The van der Waals surface area contributed by atoms with Gasteiger partial charge in [0.25, 0.3) is 5.91 Å². The van der Waals surface area contributed by atoms with Gasteiger partial charge in [-0.1, -0.05) is 49.4 Å². The van der Waals surface area contributed by atoms with Crippen LogP contribution < -0.4 is 10.6 Å². The first kappa shape index (κ1) is 17.7. The van der Waals surface area contributed by atoms with Gasteiger partial charge in [-0.15, -0.1) is 0 Å². The van der Waals surface area contributed by atoms with Crippen LogP contribution in [-0.2, 0) is 22.4 Å². The van der Waals surface area contributed by atoms with Crippen LogP contribution in [0.3, 0.4) is 0 Å². The summed E-state index contributed by atoms with van der Waals surface area (Å²) >= 11 is 0. The van der Waals surface area contributed by atoms with Crippen LogP contribution in [0.4, 0.5) is 10.5 Å². The highest BCUT2D eigenvalue weighted by Gasteiger charge is 2.38. The molecule has 6 heteroatoms. The summed E-state index contributed by atoms with van der Waals surface area (Å²) < 4.78 is 0. The molecule has 1 heterocycles. The Balaban J connectivity index is 1.59. The number of aryl methyl sites for hydroxylation is 1. The van der Waals surface area contributed by atoms with Crippen molar-refractivity contribution in [2.45, 2.75) is 25.8 Å². The summed E-state index contributed by atoms with van der Waals surface area (Å²) in [5, 5.41) is 5.36. The lowest BCUT2D eigenvalue weighted by Crippen LogP contribution is -2.38. The van der Waals surface area contributed by atoms with E-state index in [1.54, 1.807) is 12.1 Å². The number of amides is 4. The Morgan fingerprint density at radius 2 is 1.73 bits per heavy atom. The van der Waals surface area contributed by atoms with Crippen molar-refractivity contribution < 1.29 is 14.4 Å². The van der Waals surface area contributed by atoms with Gasteiger partial charge in [0.1, 0.15) is 12.6 Å². The normalized spacial score (nSPS) is 16.5. The van der Waals surface area contributed by atoms with Crippen molar-refractivity contribution in [1.29, 1.82) is 0 Å². The lowest BCUT2D eigenvalue weighted by atomic mass is 10.1. The Kier molecular flexibility index (Phi) is 5.31. The lowest BCUT2D eigenvalue weighted by molar-refractivity contribution is -0.130. The number of nitrogens with one attached hydrogen (secondary N) is 2. The third kappa shape index (κ3) is 4.08. The molecule has 0 aliphatic carbocycles. The zero-order chi connectivity index (χ0) is 18.5. The van der Waals surface area contributed by atoms with Crippen molar-refractivity contribution in [1.82, 2.24) is 10.2 Å². The van der Waals surface area contributed by atoms with Crippen LogP contribution >= 0.6 is 0 Å². The molecule has 4 amide bonds. The molecule has 2 aromatic rings. The van der Waals surface area contributed by atoms with E-state index in [-0.39, 0.29) is 12.5 Å².